The Hall–Kier alpha value is -1.93. The van der Waals surface area contributed by atoms with Crippen LogP contribution in [0.4, 0.5) is 0 Å². The van der Waals surface area contributed by atoms with Gasteiger partial charge < -0.3 is 15.0 Å². The summed E-state index contributed by atoms with van der Waals surface area (Å²) in [7, 11) is 5.31. The Bertz CT molecular complexity index is 615. The molecule has 8 heteroatoms. The van der Waals surface area contributed by atoms with Gasteiger partial charge in [0.05, 0.1) is 30.9 Å². The van der Waals surface area contributed by atoms with E-state index >= 15 is 0 Å². The number of aromatic nitrogens is 2. The smallest absolute Gasteiger partial charge is 0.254 e. The minimum absolute atomic E-state index is 0.0658. The highest BCUT2D eigenvalue weighted by molar-refractivity contribution is 5.93. The van der Waals surface area contributed by atoms with Gasteiger partial charge in [-0.3, -0.25) is 19.2 Å². The lowest BCUT2D eigenvalue weighted by atomic mass is 10.1. The summed E-state index contributed by atoms with van der Waals surface area (Å²) < 4.78 is 7.46. The largest absolute Gasteiger partial charge is 0.375 e. The molecule has 3 heterocycles. The Morgan fingerprint density at radius 1 is 1.42 bits per heavy atom. The number of ether oxygens (including phenoxy) is 1. The quantitative estimate of drug-likeness (QED) is 0.800. The number of hydrogen-bond donors (Lipinski definition) is 1. The summed E-state index contributed by atoms with van der Waals surface area (Å²) in [5, 5.41) is 7.10. The second-order valence-corrected chi connectivity index (χ2v) is 6.86. The van der Waals surface area contributed by atoms with Gasteiger partial charge in [-0.25, -0.2) is 0 Å². The van der Waals surface area contributed by atoms with E-state index in [9.17, 15) is 9.59 Å². The summed E-state index contributed by atoms with van der Waals surface area (Å²) in [5.41, 5.74) is 0.577. The van der Waals surface area contributed by atoms with Crippen LogP contribution in [-0.4, -0.2) is 83.4 Å². The molecule has 8 nitrogen and oxygen atoms in total. The van der Waals surface area contributed by atoms with Crippen LogP contribution in [0.2, 0.25) is 0 Å². The van der Waals surface area contributed by atoms with E-state index in [0.717, 1.165) is 19.5 Å². The number of carbonyl (C=O) groups is 2. The van der Waals surface area contributed by atoms with E-state index < -0.39 is 0 Å². The van der Waals surface area contributed by atoms with Gasteiger partial charge in [-0.2, -0.15) is 5.10 Å². The summed E-state index contributed by atoms with van der Waals surface area (Å²) >= 11 is 0. The minimum Gasteiger partial charge on any atom is -0.375 e. The molecule has 0 aromatic carbocycles. The second kappa shape index (κ2) is 6.90. The van der Waals surface area contributed by atoms with Crippen molar-refractivity contribution in [3.8, 4) is 0 Å². The van der Waals surface area contributed by atoms with Crippen molar-refractivity contribution >= 4 is 11.8 Å². The normalized spacial score (nSPS) is 26.9. The van der Waals surface area contributed by atoms with Crippen molar-refractivity contribution in [2.75, 3.05) is 33.8 Å². The van der Waals surface area contributed by atoms with E-state index in [1.165, 1.54) is 0 Å². The lowest BCUT2D eigenvalue weighted by Gasteiger charge is -2.35. The molecular weight excluding hydrogens is 310 g/mol. The van der Waals surface area contributed by atoms with Crippen molar-refractivity contribution in [1.82, 2.24) is 24.9 Å². The molecule has 2 amide bonds. The predicted molar refractivity (Wildman–Crippen MR) is 87.5 cm³/mol. The molecule has 0 radical (unpaired) electrons. The Labute approximate surface area is 141 Å². The molecule has 0 unspecified atom stereocenters. The molecule has 0 aliphatic carbocycles. The molecule has 3 rings (SSSR count). The molecule has 1 aromatic heterocycles. The third-order valence-electron chi connectivity index (χ3n) is 4.69. The van der Waals surface area contributed by atoms with Gasteiger partial charge in [0.25, 0.3) is 5.91 Å². The number of fused-ring (bicyclic) bond motifs is 1. The number of morpholine rings is 1. The second-order valence-electron chi connectivity index (χ2n) is 6.86. The topological polar surface area (TPSA) is 79.7 Å². The highest BCUT2D eigenvalue weighted by Crippen LogP contribution is 2.24. The van der Waals surface area contributed by atoms with Crippen LogP contribution >= 0.6 is 0 Å². The van der Waals surface area contributed by atoms with Crippen LogP contribution in [0.1, 0.15) is 23.2 Å². The number of nitrogens with one attached hydrogen (secondary N) is 1. The summed E-state index contributed by atoms with van der Waals surface area (Å²) in [6.07, 6.45) is 4.50. The van der Waals surface area contributed by atoms with E-state index in [0.29, 0.717) is 24.6 Å². The monoisotopic (exact) mass is 335 g/mol. The predicted octanol–water partition coefficient (Wildman–Crippen LogP) is -0.530. The van der Waals surface area contributed by atoms with Gasteiger partial charge in [-0.15, -0.1) is 0 Å². The van der Waals surface area contributed by atoms with E-state index in [1.807, 2.05) is 0 Å². The van der Waals surface area contributed by atoms with E-state index in [4.69, 9.17) is 4.74 Å². The first-order chi connectivity index (χ1) is 11.4. The van der Waals surface area contributed by atoms with Gasteiger partial charge in [-0.1, -0.05) is 0 Å². The van der Waals surface area contributed by atoms with Gasteiger partial charge in [0.1, 0.15) is 0 Å². The molecule has 2 aliphatic rings. The lowest BCUT2D eigenvalue weighted by molar-refractivity contribution is -0.134. The average Bonchev–Trinajstić information content (AvgIpc) is 3.12. The molecule has 2 saturated heterocycles. The van der Waals surface area contributed by atoms with E-state index in [2.05, 4.69) is 15.3 Å². The Morgan fingerprint density at radius 3 is 2.88 bits per heavy atom. The van der Waals surface area contributed by atoms with Crippen LogP contribution in [-0.2, 0) is 16.6 Å². The zero-order valence-electron chi connectivity index (χ0n) is 14.4. The molecule has 3 atom stereocenters. The highest BCUT2D eigenvalue weighted by atomic mass is 16.5. The maximum Gasteiger partial charge on any atom is 0.254 e. The van der Waals surface area contributed by atoms with Crippen molar-refractivity contribution in [1.29, 1.82) is 0 Å². The van der Waals surface area contributed by atoms with Crippen LogP contribution in [0.25, 0.3) is 0 Å². The number of carbonyl (C=O) groups excluding carboxylic acids is 2. The van der Waals surface area contributed by atoms with Crippen LogP contribution in [0.15, 0.2) is 12.4 Å². The molecule has 0 bridgehead atoms. The third kappa shape index (κ3) is 3.76. The molecule has 0 spiro atoms. The number of amides is 2. The van der Waals surface area contributed by atoms with Gasteiger partial charge in [0.15, 0.2) is 0 Å². The van der Waals surface area contributed by atoms with Crippen molar-refractivity contribution in [2.24, 2.45) is 7.05 Å². The highest BCUT2D eigenvalue weighted by Gasteiger charge is 2.38. The Kier molecular flexibility index (Phi) is 4.86. The van der Waals surface area contributed by atoms with Gasteiger partial charge >= 0.3 is 0 Å². The molecule has 132 valence electrons. The Balaban J connectivity index is 1.51. The first-order valence-corrected chi connectivity index (χ1v) is 8.27. The molecule has 24 heavy (non-hydrogen) atoms. The summed E-state index contributed by atoms with van der Waals surface area (Å²) in [5.74, 6) is -0.00715. The van der Waals surface area contributed by atoms with Gasteiger partial charge in [-0.05, 0) is 6.42 Å². The SMILES string of the molecule is CN(C)C(=O)C[C@H]1CN2C[C@H](NC(=O)c3cnn(C)c3)C[C@H]2CO1. The number of nitrogens with zero attached hydrogens (tertiary/aromatic N) is 4. The fourth-order valence-electron chi connectivity index (χ4n) is 3.36. The summed E-state index contributed by atoms with van der Waals surface area (Å²) in [6.45, 7) is 2.15. The maximum atomic E-state index is 12.2. The zero-order chi connectivity index (χ0) is 17.3. The van der Waals surface area contributed by atoms with Crippen LogP contribution in [0, 0.1) is 0 Å². The fourth-order valence-corrected chi connectivity index (χ4v) is 3.36. The van der Waals surface area contributed by atoms with Crippen LogP contribution < -0.4 is 5.32 Å². The summed E-state index contributed by atoms with van der Waals surface area (Å²) in [4.78, 5) is 28.0. The minimum atomic E-state index is -0.0896. The number of aryl methyl sites for hydroxylation is 1. The molecule has 2 fully saturated rings. The third-order valence-corrected chi connectivity index (χ3v) is 4.69. The van der Waals surface area contributed by atoms with E-state index in [-0.39, 0.29) is 24.0 Å². The molecule has 0 saturated carbocycles. The zero-order valence-corrected chi connectivity index (χ0v) is 14.4. The average molecular weight is 335 g/mol. The van der Waals surface area contributed by atoms with Gasteiger partial charge in [0.2, 0.25) is 5.91 Å². The first-order valence-electron chi connectivity index (χ1n) is 8.27. The first kappa shape index (κ1) is 16.9. The standard InChI is InChI=1S/C16H25N5O3/c1-19(2)15(22)5-14-9-21-8-12(4-13(21)10-24-14)18-16(23)11-6-17-20(3)7-11/h6-7,12-14H,4-5,8-10H2,1-3H3,(H,18,23)/t12-,13+,14+/m1/s1. The summed E-state index contributed by atoms with van der Waals surface area (Å²) in [6, 6.07) is 0.421. The number of rotatable bonds is 4. The van der Waals surface area contributed by atoms with Gasteiger partial charge in [0, 0.05) is 52.5 Å². The van der Waals surface area contributed by atoms with Crippen LogP contribution in [0.3, 0.4) is 0 Å². The van der Waals surface area contributed by atoms with Crippen molar-refractivity contribution < 1.29 is 14.3 Å². The lowest BCUT2D eigenvalue weighted by Crippen LogP contribution is -2.47. The molecule has 1 aromatic rings. The van der Waals surface area contributed by atoms with Crippen molar-refractivity contribution in [2.45, 2.75) is 31.0 Å². The van der Waals surface area contributed by atoms with Crippen molar-refractivity contribution in [3.63, 3.8) is 0 Å². The molecule has 2 aliphatic heterocycles. The number of hydrogen-bond acceptors (Lipinski definition) is 5. The molecule has 1 N–H and O–H groups in total. The fraction of sp³-hybridized carbons (Fsp3) is 0.688. The Morgan fingerprint density at radius 2 is 2.21 bits per heavy atom. The van der Waals surface area contributed by atoms with E-state index in [1.54, 1.807) is 43.1 Å². The maximum absolute atomic E-state index is 12.2. The molecular formula is C16H25N5O3. The van der Waals surface area contributed by atoms with Crippen LogP contribution in [0.5, 0.6) is 0 Å². The van der Waals surface area contributed by atoms with Crippen molar-refractivity contribution in [3.05, 3.63) is 18.0 Å².